The van der Waals surface area contributed by atoms with Gasteiger partial charge in [0.1, 0.15) is 5.82 Å². The van der Waals surface area contributed by atoms with E-state index in [0.717, 1.165) is 0 Å². The van der Waals surface area contributed by atoms with Crippen molar-refractivity contribution in [2.75, 3.05) is 5.73 Å². The average molecular weight is 163 g/mol. The van der Waals surface area contributed by atoms with Crippen molar-refractivity contribution >= 4 is 11.8 Å². The largest absolute Gasteiger partial charge is 0.382 e. The van der Waals surface area contributed by atoms with Gasteiger partial charge in [-0.15, -0.1) is 0 Å². The summed E-state index contributed by atoms with van der Waals surface area (Å²) in [5, 5.41) is 0.283. The first-order valence-electron chi connectivity index (χ1n) is 3.28. The van der Waals surface area contributed by atoms with E-state index in [1.165, 1.54) is 0 Å². The number of carbonyl (C=O) groups is 1. The second-order valence-electron chi connectivity index (χ2n) is 2.33. The Balaban J connectivity index is 2.95. The summed E-state index contributed by atoms with van der Waals surface area (Å²) in [4.78, 5) is 25.5. The number of urea groups is 1. The van der Waals surface area contributed by atoms with Crippen LogP contribution in [0.3, 0.4) is 0 Å². The fraction of sp³-hybridized carbons (Fsp3) is 0.167. The number of hydrogen-bond donors (Lipinski definition) is 1. The summed E-state index contributed by atoms with van der Waals surface area (Å²) in [6.07, 6.45) is 0. The van der Waals surface area contributed by atoms with E-state index in [-0.39, 0.29) is 16.7 Å². The minimum atomic E-state index is -0.573. The maximum absolute atomic E-state index is 10.7. The number of anilines is 1. The Morgan fingerprint density at radius 2 is 2.00 bits per heavy atom. The standard InChI is InChI=1S/C6H5N5O/c1-2-8-4(7)3-5(9-2)11-6(12)10-3/h1H3,(H2,7,8,9,11,12). The zero-order valence-corrected chi connectivity index (χ0v) is 6.27. The van der Waals surface area contributed by atoms with E-state index in [4.69, 9.17) is 5.73 Å². The quantitative estimate of drug-likeness (QED) is 0.516. The normalized spacial score (nSPS) is 13.6. The predicted octanol–water partition coefficient (Wildman–Crippen LogP) is -1.26. The molecule has 6 heteroatoms. The van der Waals surface area contributed by atoms with Crippen LogP contribution in [0.2, 0.25) is 0 Å². The molecule has 1 aliphatic rings. The Morgan fingerprint density at radius 3 is 2.75 bits per heavy atom. The fourth-order valence-electron chi connectivity index (χ4n) is 0.969. The third-order valence-corrected chi connectivity index (χ3v) is 1.41. The van der Waals surface area contributed by atoms with Gasteiger partial charge in [-0.25, -0.2) is 14.8 Å². The highest BCUT2D eigenvalue weighted by Crippen LogP contribution is 1.89. The van der Waals surface area contributed by atoms with E-state index in [0.29, 0.717) is 5.82 Å². The second-order valence-corrected chi connectivity index (χ2v) is 2.33. The van der Waals surface area contributed by atoms with Gasteiger partial charge in [0.25, 0.3) is 0 Å². The summed E-state index contributed by atoms with van der Waals surface area (Å²) >= 11 is 0. The second kappa shape index (κ2) is 2.07. The first-order chi connectivity index (χ1) is 5.66. The SMILES string of the molecule is Cc1nc(N)c2c(n1)=NC(=O)N=2. The molecule has 0 fully saturated rings. The Kier molecular flexibility index (Phi) is 1.18. The van der Waals surface area contributed by atoms with Crippen LogP contribution < -0.4 is 16.6 Å². The molecular formula is C6H5N5O. The molecule has 2 heterocycles. The Bertz CT molecular complexity index is 477. The third kappa shape index (κ3) is 0.849. The summed E-state index contributed by atoms with van der Waals surface area (Å²) in [5.41, 5.74) is 5.75. The number of aryl methyl sites for hydroxylation is 1. The molecule has 0 radical (unpaired) electrons. The Morgan fingerprint density at radius 1 is 1.25 bits per heavy atom. The predicted molar refractivity (Wildman–Crippen MR) is 38.9 cm³/mol. The molecule has 2 amide bonds. The van der Waals surface area contributed by atoms with E-state index in [1.54, 1.807) is 6.92 Å². The lowest BCUT2D eigenvalue weighted by Gasteiger charge is -1.91. The molecule has 12 heavy (non-hydrogen) atoms. The average Bonchev–Trinajstić information content (AvgIpc) is 2.29. The number of fused-ring (bicyclic) bond motifs is 1. The Hall–Kier alpha value is -1.85. The zero-order chi connectivity index (χ0) is 8.72. The van der Waals surface area contributed by atoms with Gasteiger partial charge >= 0.3 is 6.03 Å². The number of carbonyl (C=O) groups excluding carboxylic acids is 1. The van der Waals surface area contributed by atoms with Gasteiger partial charge in [0.15, 0.2) is 16.7 Å². The third-order valence-electron chi connectivity index (χ3n) is 1.41. The molecule has 0 bridgehead atoms. The molecule has 0 spiro atoms. The summed E-state index contributed by atoms with van der Waals surface area (Å²) in [5.74, 6) is 0.687. The first-order valence-corrected chi connectivity index (χ1v) is 3.28. The molecule has 6 nitrogen and oxygen atoms in total. The van der Waals surface area contributed by atoms with Gasteiger partial charge in [0.05, 0.1) is 0 Å². The van der Waals surface area contributed by atoms with Crippen LogP contribution in [0.5, 0.6) is 0 Å². The number of nitrogen functional groups attached to an aromatic ring is 1. The molecule has 1 aromatic rings. The lowest BCUT2D eigenvalue weighted by atomic mass is 10.5. The summed E-state index contributed by atoms with van der Waals surface area (Å²) in [6.45, 7) is 1.68. The molecule has 0 atom stereocenters. The molecular weight excluding hydrogens is 158 g/mol. The van der Waals surface area contributed by atoms with Crippen molar-refractivity contribution in [2.45, 2.75) is 6.92 Å². The monoisotopic (exact) mass is 163 g/mol. The van der Waals surface area contributed by atoms with Gasteiger partial charge in [-0.1, -0.05) is 0 Å². The van der Waals surface area contributed by atoms with Gasteiger partial charge in [-0.2, -0.15) is 9.98 Å². The minimum absolute atomic E-state index is 0.201. The van der Waals surface area contributed by atoms with Gasteiger partial charge in [0.2, 0.25) is 0 Å². The number of nitrogens with two attached hydrogens (primary N) is 1. The smallest absolute Gasteiger partial charge is 0.369 e. The molecule has 1 aromatic heterocycles. The van der Waals surface area contributed by atoms with Crippen LogP contribution in [0.25, 0.3) is 0 Å². The maximum Gasteiger partial charge on any atom is 0.369 e. The molecule has 0 unspecified atom stereocenters. The van der Waals surface area contributed by atoms with Gasteiger partial charge in [0, 0.05) is 0 Å². The Labute approximate surface area is 66.9 Å². The molecule has 0 aliphatic carbocycles. The van der Waals surface area contributed by atoms with Crippen LogP contribution >= 0.6 is 0 Å². The van der Waals surface area contributed by atoms with Crippen molar-refractivity contribution in [3.05, 3.63) is 16.7 Å². The highest BCUT2D eigenvalue weighted by atomic mass is 16.2. The lowest BCUT2D eigenvalue weighted by molar-refractivity contribution is 0.256. The topological polar surface area (TPSA) is 93.6 Å². The first kappa shape index (κ1) is 6.84. The van der Waals surface area contributed by atoms with Gasteiger partial charge in [-0.3, -0.25) is 0 Å². The summed E-state index contributed by atoms with van der Waals surface area (Å²) in [6, 6.07) is -0.573. The fourth-order valence-corrected chi connectivity index (χ4v) is 0.969. The van der Waals surface area contributed by atoms with Crippen molar-refractivity contribution < 1.29 is 4.79 Å². The number of rotatable bonds is 0. The lowest BCUT2D eigenvalue weighted by Crippen LogP contribution is -2.30. The van der Waals surface area contributed by atoms with E-state index in [1.807, 2.05) is 0 Å². The minimum Gasteiger partial charge on any atom is -0.382 e. The van der Waals surface area contributed by atoms with Crippen LogP contribution in [0, 0.1) is 6.92 Å². The molecule has 2 rings (SSSR count). The number of amides is 2. The summed E-state index contributed by atoms with van der Waals surface area (Å²) in [7, 11) is 0. The highest BCUT2D eigenvalue weighted by molar-refractivity contribution is 5.77. The van der Waals surface area contributed by atoms with Crippen molar-refractivity contribution in [3.8, 4) is 0 Å². The van der Waals surface area contributed by atoms with Crippen molar-refractivity contribution in [1.29, 1.82) is 0 Å². The van der Waals surface area contributed by atoms with Crippen molar-refractivity contribution in [3.63, 3.8) is 0 Å². The number of nitrogens with zero attached hydrogens (tertiary/aromatic N) is 4. The van der Waals surface area contributed by atoms with Crippen molar-refractivity contribution in [1.82, 2.24) is 9.97 Å². The van der Waals surface area contributed by atoms with Crippen LogP contribution in [0.4, 0.5) is 10.6 Å². The van der Waals surface area contributed by atoms with Crippen LogP contribution in [-0.4, -0.2) is 16.0 Å². The van der Waals surface area contributed by atoms with Gasteiger partial charge < -0.3 is 5.73 Å². The van der Waals surface area contributed by atoms with Crippen LogP contribution in [0.15, 0.2) is 9.98 Å². The van der Waals surface area contributed by atoms with Crippen LogP contribution in [-0.2, 0) is 0 Å². The molecule has 60 valence electrons. The molecule has 0 saturated heterocycles. The maximum atomic E-state index is 10.7. The number of aromatic nitrogens is 2. The zero-order valence-electron chi connectivity index (χ0n) is 6.27. The van der Waals surface area contributed by atoms with E-state index in [2.05, 4.69) is 20.0 Å². The molecule has 1 aliphatic heterocycles. The summed E-state index contributed by atoms with van der Waals surface area (Å²) < 4.78 is 0. The van der Waals surface area contributed by atoms with Gasteiger partial charge in [-0.05, 0) is 6.92 Å². The molecule has 0 saturated carbocycles. The van der Waals surface area contributed by atoms with E-state index in [9.17, 15) is 4.79 Å². The highest BCUT2D eigenvalue weighted by Gasteiger charge is 2.09. The number of hydrogen-bond acceptors (Lipinski definition) is 4. The molecule has 2 N–H and O–H groups in total. The van der Waals surface area contributed by atoms with Crippen LogP contribution in [0.1, 0.15) is 5.82 Å². The van der Waals surface area contributed by atoms with E-state index >= 15 is 0 Å². The van der Waals surface area contributed by atoms with E-state index < -0.39 is 6.03 Å². The molecule has 0 aromatic carbocycles. The van der Waals surface area contributed by atoms with Crippen molar-refractivity contribution in [2.24, 2.45) is 9.98 Å².